The van der Waals surface area contributed by atoms with E-state index in [0.717, 1.165) is 11.4 Å². The van der Waals surface area contributed by atoms with Gasteiger partial charge in [0.2, 0.25) is 0 Å². The van der Waals surface area contributed by atoms with Gasteiger partial charge in [-0.05, 0) is 44.0 Å². The zero-order valence-corrected chi connectivity index (χ0v) is 11.6. The monoisotopic (exact) mass is 274 g/mol. The largest absolute Gasteiger partial charge is 0.389 e. The minimum Gasteiger partial charge on any atom is -0.383 e. The molecule has 0 heterocycles. The lowest BCUT2D eigenvalue weighted by Gasteiger charge is -2.17. The average molecular weight is 274 g/mol. The first-order chi connectivity index (χ1) is 8.78. The maximum atomic E-state index is 12.0. The number of benzene rings is 1. The molecule has 1 N–H and O–H groups in total. The molecule has 0 saturated carbocycles. The topological polar surface area (TPSA) is 15.3 Å². The van der Waals surface area contributed by atoms with Crippen molar-refractivity contribution >= 4 is 11.4 Å². The van der Waals surface area contributed by atoms with Crippen LogP contribution in [0.4, 0.5) is 24.5 Å². The van der Waals surface area contributed by atoms with E-state index in [9.17, 15) is 13.2 Å². The van der Waals surface area contributed by atoms with Crippen molar-refractivity contribution in [1.29, 1.82) is 0 Å². The third kappa shape index (κ3) is 6.36. The van der Waals surface area contributed by atoms with Crippen molar-refractivity contribution in [3.05, 3.63) is 24.3 Å². The number of hydrogen-bond acceptors (Lipinski definition) is 2. The van der Waals surface area contributed by atoms with Crippen LogP contribution in [-0.4, -0.2) is 26.3 Å². The number of nitrogens with one attached hydrogen (secondary N) is 1. The first-order valence-corrected chi connectivity index (χ1v) is 6.38. The number of halogens is 3. The fourth-order valence-electron chi connectivity index (χ4n) is 1.82. The molecular formula is C14H21F3N2. The molecule has 1 atom stereocenters. The van der Waals surface area contributed by atoms with Crippen molar-refractivity contribution in [3.63, 3.8) is 0 Å². The highest BCUT2D eigenvalue weighted by Gasteiger charge is 2.26. The van der Waals surface area contributed by atoms with E-state index in [4.69, 9.17) is 0 Å². The molecule has 1 aromatic rings. The van der Waals surface area contributed by atoms with E-state index in [1.54, 1.807) is 0 Å². The molecule has 0 bridgehead atoms. The molecule has 0 aliphatic heterocycles. The van der Waals surface area contributed by atoms with Gasteiger partial charge in [0.1, 0.15) is 0 Å². The fraction of sp³-hybridized carbons (Fsp3) is 0.571. The van der Waals surface area contributed by atoms with E-state index >= 15 is 0 Å². The molecule has 5 heteroatoms. The lowest BCUT2D eigenvalue weighted by atomic mass is 10.1. The van der Waals surface area contributed by atoms with Gasteiger partial charge in [-0.15, -0.1) is 0 Å². The molecule has 108 valence electrons. The van der Waals surface area contributed by atoms with Gasteiger partial charge in [-0.1, -0.05) is 0 Å². The lowest BCUT2D eigenvalue weighted by Crippen LogP contribution is -2.17. The Hall–Kier alpha value is -1.39. The van der Waals surface area contributed by atoms with Crippen molar-refractivity contribution in [2.24, 2.45) is 0 Å². The SMILES string of the molecule is CC(CCCC(F)(F)F)Nc1ccc(N(C)C)cc1. The van der Waals surface area contributed by atoms with E-state index in [1.807, 2.05) is 50.2 Å². The molecule has 0 aliphatic rings. The predicted molar refractivity (Wildman–Crippen MR) is 73.8 cm³/mol. The van der Waals surface area contributed by atoms with Gasteiger partial charge in [-0.3, -0.25) is 0 Å². The minimum absolute atomic E-state index is 0.0348. The van der Waals surface area contributed by atoms with E-state index in [1.165, 1.54) is 0 Å². The van der Waals surface area contributed by atoms with Crippen molar-refractivity contribution in [1.82, 2.24) is 0 Å². The highest BCUT2D eigenvalue weighted by atomic mass is 19.4. The summed E-state index contributed by atoms with van der Waals surface area (Å²) in [5.74, 6) is 0. The maximum absolute atomic E-state index is 12.0. The van der Waals surface area contributed by atoms with E-state index < -0.39 is 12.6 Å². The Balaban J connectivity index is 2.38. The minimum atomic E-state index is -4.05. The summed E-state index contributed by atoms with van der Waals surface area (Å²) in [7, 11) is 3.92. The van der Waals surface area contributed by atoms with Crippen molar-refractivity contribution in [3.8, 4) is 0 Å². The fourth-order valence-corrected chi connectivity index (χ4v) is 1.82. The zero-order chi connectivity index (χ0) is 14.5. The van der Waals surface area contributed by atoms with Crippen molar-refractivity contribution in [2.45, 2.75) is 38.4 Å². The second-order valence-electron chi connectivity index (χ2n) is 4.99. The summed E-state index contributed by atoms with van der Waals surface area (Å²) >= 11 is 0. The smallest absolute Gasteiger partial charge is 0.383 e. The number of hydrogen-bond donors (Lipinski definition) is 1. The molecule has 0 radical (unpaired) electrons. The summed E-state index contributed by atoms with van der Waals surface area (Å²) in [5.41, 5.74) is 2.03. The lowest BCUT2D eigenvalue weighted by molar-refractivity contribution is -0.135. The van der Waals surface area contributed by atoms with Gasteiger partial charge in [-0.2, -0.15) is 13.2 Å². The van der Waals surface area contributed by atoms with Crippen LogP contribution in [0.1, 0.15) is 26.2 Å². The summed E-state index contributed by atoms with van der Waals surface area (Å²) < 4.78 is 36.1. The second kappa shape index (κ2) is 6.68. The Morgan fingerprint density at radius 3 is 2.21 bits per heavy atom. The standard InChI is InChI=1S/C14H21F3N2/c1-11(5-4-10-14(15,16)17)18-12-6-8-13(9-7-12)19(2)3/h6-9,11,18H,4-5,10H2,1-3H3. The molecule has 0 amide bonds. The zero-order valence-electron chi connectivity index (χ0n) is 11.6. The van der Waals surface area contributed by atoms with E-state index in [-0.39, 0.29) is 12.5 Å². The molecule has 1 aromatic carbocycles. The normalized spacial score (nSPS) is 13.2. The van der Waals surface area contributed by atoms with Crippen LogP contribution in [0.25, 0.3) is 0 Å². The maximum Gasteiger partial charge on any atom is 0.389 e. The second-order valence-corrected chi connectivity index (χ2v) is 4.99. The highest BCUT2D eigenvalue weighted by Crippen LogP contribution is 2.23. The quantitative estimate of drug-likeness (QED) is 0.832. The molecule has 0 spiro atoms. The molecule has 19 heavy (non-hydrogen) atoms. The summed E-state index contributed by atoms with van der Waals surface area (Å²) in [4.78, 5) is 2.00. The Bertz CT molecular complexity index is 371. The van der Waals surface area contributed by atoms with Crippen LogP contribution in [0.5, 0.6) is 0 Å². The molecule has 0 aromatic heterocycles. The van der Waals surface area contributed by atoms with Gasteiger partial charge in [0.15, 0.2) is 0 Å². The van der Waals surface area contributed by atoms with Crippen LogP contribution in [-0.2, 0) is 0 Å². The Labute approximate surface area is 112 Å². The van der Waals surface area contributed by atoms with Gasteiger partial charge in [-0.25, -0.2) is 0 Å². The first-order valence-electron chi connectivity index (χ1n) is 6.38. The van der Waals surface area contributed by atoms with E-state index in [2.05, 4.69) is 5.32 Å². The summed E-state index contributed by atoms with van der Waals surface area (Å²) in [6.45, 7) is 1.90. The molecular weight excluding hydrogens is 253 g/mol. The molecule has 1 unspecified atom stereocenters. The first kappa shape index (κ1) is 15.7. The molecule has 0 aliphatic carbocycles. The van der Waals surface area contributed by atoms with Crippen LogP contribution >= 0.6 is 0 Å². The Morgan fingerprint density at radius 2 is 1.74 bits per heavy atom. The van der Waals surface area contributed by atoms with Crippen LogP contribution < -0.4 is 10.2 Å². The van der Waals surface area contributed by atoms with Crippen LogP contribution in [0.2, 0.25) is 0 Å². The van der Waals surface area contributed by atoms with E-state index in [0.29, 0.717) is 6.42 Å². The van der Waals surface area contributed by atoms with Gasteiger partial charge < -0.3 is 10.2 Å². The van der Waals surface area contributed by atoms with Gasteiger partial charge in [0.25, 0.3) is 0 Å². The van der Waals surface area contributed by atoms with Crippen LogP contribution in [0.3, 0.4) is 0 Å². The highest BCUT2D eigenvalue weighted by molar-refractivity contribution is 5.54. The van der Waals surface area contributed by atoms with Crippen molar-refractivity contribution < 1.29 is 13.2 Å². The van der Waals surface area contributed by atoms with Crippen LogP contribution in [0.15, 0.2) is 24.3 Å². The van der Waals surface area contributed by atoms with Gasteiger partial charge in [0.05, 0.1) is 0 Å². The summed E-state index contributed by atoms with van der Waals surface area (Å²) in [6.07, 6.45) is -4.09. The number of anilines is 2. The van der Waals surface area contributed by atoms with Crippen LogP contribution in [0, 0.1) is 0 Å². The summed E-state index contributed by atoms with van der Waals surface area (Å²) in [6, 6.07) is 7.87. The van der Waals surface area contributed by atoms with Gasteiger partial charge >= 0.3 is 6.18 Å². The molecule has 2 nitrogen and oxygen atoms in total. The Morgan fingerprint density at radius 1 is 1.16 bits per heavy atom. The van der Waals surface area contributed by atoms with Gasteiger partial charge in [0, 0.05) is 37.9 Å². The Kier molecular flexibility index (Phi) is 5.51. The third-order valence-corrected chi connectivity index (χ3v) is 2.89. The van der Waals surface area contributed by atoms with Crippen molar-refractivity contribution in [2.75, 3.05) is 24.3 Å². The molecule has 0 fully saturated rings. The predicted octanol–water partition coefficient (Wildman–Crippen LogP) is 4.29. The number of alkyl halides is 3. The average Bonchev–Trinajstić information content (AvgIpc) is 2.27. The molecule has 0 saturated heterocycles. The number of rotatable bonds is 6. The molecule has 1 rings (SSSR count). The third-order valence-electron chi connectivity index (χ3n) is 2.89. The number of nitrogens with zero attached hydrogens (tertiary/aromatic N) is 1. The summed E-state index contributed by atoms with van der Waals surface area (Å²) in [5, 5.41) is 3.21.